The van der Waals surface area contributed by atoms with Crippen LogP contribution < -0.4 is 10.2 Å². The molecule has 0 aliphatic carbocycles. The molecule has 1 aromatic heterocycles. The molecule has 0 aliphatic heterocycles. The summed E-state index contributed by atoms with van der Waals surface area (Å²) in [5.41, 5.74) is 3.95. The van der Waals surface area contributed by atoms with Crippen LogP contribution >= 0.6 is 11.6 Å². The number of rotatable bonds is 4. The van der Waals surface area contributed by atoms with Crippen LogP contribution in [0.1, 0.15) is 16.1 Å². The normalized spacial score (nSPS) is 11.3. The molecule has 4 rings (SSSR count). The minimum Gasteiger partial charge on any atom is -0.496 e. The number of fused-ring (bicyclic) bond motifs is 2. The predicted molar refractivity (Wildman–Crippen MR) is 107 cm³/mol. The van der Waals surface area contributed by atoms with E-state index in [2.05, 4.69) is 10.5 Å². The summed E-state index contributed by atoms with van der Waals surface area (Å²) in [7, 11) is 1.64. The van der Waals surface area contributed by atoms with Gasteiger partial charge in [0.2, 0.25) is 0 Å². The number of benzene rings is 3. The number of methoxy groups -OCH3 is 1. The highest BCUT2D eigenvalue weighted by Gasteiger charge is 2.12. The van der Waals surface area contributed by atoms with Gasteiger partial charge in [-0.2, -0.15) is 5.10 Å². The van der Waals surface area contributed by atoms with Gasteiger partial charge in [0.05, 0.1) is 13.3 Å². The average molecular weight is 379 g/mol. The van der Waals surface area contributed by atoms with E-state index in [4.69, 9.17) is 20.8 Å². The Kier molecular flexibility index (Phi) is 4.52. The van der Waals surface area contributed by atoms with Gasteiger partial charge in [-0.15, -0.1) is 0 Å². The van der Waals surface area contributed by atoms with Crippen molar-refractivity contribution >= 4 is 45.5 Å². The zero-order valence-corrected chi connectivity index (χ0v) is 15.2. The molecule has 6 heteroatoms. The van der Waals surface area contributed by atoms with Gasteiger partial charge in [0.1, 0.15) is 11.3 Å². The van der Waals surface area contributed by atoms with Crippen LogP contribution in [0.5, 0.6) is 5.75 Å². The fourth-order valence-corrected chi connectivity index (χ4v) is 3.11. The molecular formula is C21H15ClN2O3. The average Bonchev–Trinajstić information content (AvgIpc) is 3.11. The maximum Gasteiger partial charge on any atom is 0.307 e. The topological polar surface area (TPSA) is 63.8 Å². The lowest BCUT2D eigenvalue weighted by Gasteiger charge is -2.07. The maximum absolute atomic E-state index is 12.3. The SMILES string of the molecule is COc1ccc(/C=N/NC(=O)c2cc3cc(Cl)ccc3o2)c2ccccc12. The van der Waals surface area contributed by atoms with Crippen molar-refractivity contribution in [3.63, 3.8) is 0 Å². The monoisotopic (exact) mass is 378 g/mol. The summed E-state index contributed by atoms with van der Waals surface area (Å²) in [6.07, 6.45) is 1.60. The van der Waals surface area contributed by atoms with E-state index < -0.39 is 5.91 Å². The molecule has 5 nitrogen and oxygen atoms in total. The number of hydrogen-bond acceptors (Lipinski definition) is 4. The van der Waals surface area contributed by atoms with E-state index in [-0.39, 0.29) is 5.76 Å². The highest BCUT2D eigenvalue weighted by atomic mass is 35.5. The van der Waals surface area contributed by atoms with Gasteiger partial charge in [0.15, 0.2) is 5.76 Å². The third-order valence-electron chi connectivity index (χ3n) is 4.21. The molecule has 0 atom stereocenters. The van der Waals surface area contributed by atoms with Crippen LogP contribution in [0.3, 0.4) is 0 Å². The van der Waals surface area contributed by atoms with Crippen molar-refractivity contribution in [2.24, 2.45) is 5.10 Å². The Morgan fingerprint density at radius 2 is 1.93 bits per heavy atom. The first kappa shape index (κ1) is 17.1. The third-order valence-corrected chi connectivity index (χ3v) is 4.44. The smallest absolute Gasteiger partial charge is 0.307 e. The second-order valence-corrected chi connectivity index (χ2v) is 6.33. The summed E-state index contributed by atoms with van der Waals surface area (Å²) in [5.74, 6) is 0.521. The highest BCUT2D eigenvalue weighted by Crippen LogP contribution is 2.27. The fraction of sp³-hybridized carbons (Fsp3) is 0.0476. The van der Waals surface area contributed by atoms with Crippen LogP contribution in [0.15, 0.2) is 70.2 Å². The molecule has 0 radical (unpaired) electrons. The van der Waals surface area contributed by atoms with Crippen molar-refractivity contribution in [2.45, 2.75) is 0 Å². The molecule has 0 spiro atoms. The molecule has 4 aromatic rings. The molecule has 0 fully saturated rings. The number of nitrogens with one attached hydrogen (secondary N) is 1. The van der Waals surface area contributed by atoms with Gasteiger partial charge >= 0.3 is 5.91 Å². The van der Waals surface area contributed by atoms with Gasteiger partial charge < -0.3 is 9.15 Å². The largest absolute Gasteiger partial charge is 0.496 e. The van der Waals surface area contributed by atoms with Crippen molar-refractivity contribution in [3.8, 4) is 5.75 Å². The minimum atomic E-state index is -0.434. The fourth-order valence-electron chi connectivity index (χ4n) is 2.93. The predicted octanol–water partition coefficient (Wildman–Crippen LogP) is 5.01. The number of ether oxygens (including phenoxy) is 1. The molecule has 0 bridgehead atoms. The van der Waals surface area contributed by atoms with Crippen LogP contribution in [0.25, 0.3) is 21.7 Å². The zero-order chi connectivity index (χ0) is 18.8. The molecule has 0 saturated heterocycles. The summed E-state index contributed by atoms with van der Waals surface area (Å²) in [4.78, 5) is 12.3. The van der Waals surface area contributed by atoms with Crippen molar-refractivity contribution < 1.29 is 13.9 Å². The molecule has 0 aliphatic rings. The highest BCUT2D eigenvalue weighted by molar-refractivity contribution is 6.31. The first-order valence-electron chi connectivity index (χ1n) is 8.24. The van der Waals surface area contributed by atoms with E-state index in [0.29, 0.717) is 10.6 Å². The number of nitrogens with zero attached hydrogens (tertiary/aromatic N) is 1. The lowest BCUT2D eigenvalue weighted by atomic mass is 10.0. The molecule has 0 saturated carbocycles. The number of hydrogen-bond donors (Lipinski definition) is 1. The first-order valence-corrected chi connectivity index (χ1v) is 8.62. The van der Waals surface area contributed by atoms with Gasteiger partial charge in [-0.3, -0.25) is 4.79 Å². The van der Waals surface area contributed by atoms with Crippen LogP contribution in [-0.4, -0.2) is 19.2 Å². The van der Waals surface area contributed by atoms with Crippen LogP contribution in [0.4, 0.5) is 0 Å². The molecule has 27 heavy (non-hydrogen) atoms. The Labute approximate surface area is 160 Å². The maximum atomic E-state index is 12.3. The van der Waals surface area contributed by atoms with Gasteiger partial charge in [-0.05, 0) is 41.8 Å². The van der Waals surface area contributed by atoms with Crippen LogP contribution in [0, 0.1) is 0 Å². The Hall–Kier alpha value is -3.31. The second-order valence-electron chi connectivity index (χ2n) is 5.89. The van der Waals surface area contributed by atoms with E-state index in [1.165, 1.54) is 0 Å². The van der Waals surface area contributed by atoms with Crippen molar-refractivity contribution in [1.82, 2.24) is 5.43 Å². The summed E-state index contributed by atoms with van der Waals surface area (Å²) in [5, 5.41) is 7.36. The van der Waals surface area contributed by atoms with Gasteiger partial charge in [-0.25, -0.2) is 5.43 Å². The van der Waals surface area contributed by atoms with Crippen LogP contribution in [-0.2, 0) is 0 Å². The summed E-state index contributed by atoms with van der Waals surface area (Å²) in [6, 6.07) is 18.4. The van der Waals surface area contributed by atoms with E-state index in [1.807, 2.05) is 36.4 Å². The molecule has 1 N–H and O–H groups in total. The second kappa shape index (κ2) is 7.13. The molecule has 134 valence electrons. The number of amides is 1. The minimum absolute atomic E-state index is 0.170. The summed E-state index contributed by atoms with van der Waals surface area (Å²) in [6.45, 7) is 0. The summed E-state index contributed by atoms with van der Waals surface area (Å²) < 4.78 is 10.9. The number of carbonyl (C=O) groups is 1. The van der Waals surface area contributed by atoms with Gasteiger partial charge in [-0.1, -0.05) is 35.9 Å². The van der Waals surface area contributed by atoms with E-state index in [0.717, 1.165) is 27.5 Å². The lowest BCUT2D eigenvalue weighted by Crippen LogP contribution is -2.16. The number of furan rings is 1. The molecule has 3 aromatic carbocycles. The van der Waals surface area contributed by atoms with E-state index >= 15 is 0 Å². The van der Waals surface area contributed by atoms with E-state index in [1.54, 1.807) is 37.6 Å². The van der Waals surface area contributed by atoms with Gasteiger partial charge in [0, 0.05) is 21.4 Å². The molecule has 1 amide bonds. The summed E-state index contributed by atoms with van der Waals surface area (Å²) >= 11 is 5.95. The molecule has 1 heterocycles. The lowest BCUT2D eigenvalue weighted by molar-refractivity contribution is 0.0929. The Morgan fingerprint density at radius 1 is 1.11 bits per heavy atom. The Bertz CT molecular complexity index is 1180. The number of carbonyl (C=O) groups excluding carboxylic acids is 1. The number of hydrazone groups is 1. The Balaban J connectivity index is 1.56. The van der Waals surface area contributed by atoms with E-state index in [9.17, 15) is 4.79 Å². The van der Waals surface area contributed by atoms with Crippen LogP contribution in [0.2, 0.25) is 5.02 Å². The van der Waals surface area contributed by atoms with Crippen molar-refractivity contribution in [3.05, 3.63) is 77.0 Å². The van der Waals surface area contributed by atoms with Gasteiger partial charge in [0.25, 0.3) is 0 Å². The third kappa shape index (κ3) is 3.37. The molecule has 0 unspecified atom stereocenters. The quantitative estimate of drug-likeness (QED) is 0.401. The first-order chi connectivity index (χ1) is 13.2. The number of halogens is 1. The van der Waals surface area contributed by atoms with Crippen molar-refractivity contribution in [1.29, 1.82) is 0 Å². The zero-order valence-electron chi connectivity index (χ0n) is 14.4. The Morgan fingerprint density at radius 3 is 2.74 bits per heavy atom. The molecular weight excluding hydrogens is 364 g/mol. The van der Waals surface area contributed by atoms with Crippen molar-refractivity contribution in [2.75, 3.05) is 7.11 Å². The standard InChI is InChI=1S/C21H15ClN2O3/c1-26-19-8-6-13(16-4-2-3-5-17(16)19)12-23-24-21(25)20-11-14-10-15(22)7-9-18(14)27-20/h2-12H,1H3,(H,24,25)/b23-12+.